The minimum atomic E-state index is -0.293. The minimum Gasteiger partial charge on any atom is -0.393 e. The number of benzene rings is 2. The van der Waals surface area contributed by atoms with Gasteiger partial charge in [0, 0.05) is 46.8 Å². The highest BCUT2D eigenvalue weighted by Crippen LogP contribution is 2.36. The largest absolute Gasteiger partial charge is 0.393 e. The Morgan fingerprint density at radius 2 is 1.74 bits per heavy atom. The van der Waals surface area contributed by atoms with Crippen LogP contribution in [0.5, 0.6) is 0 Å². The molecule has 1 aromatic heterocycles. The molecule has 2 fully saturated rings. The predicted molar refractivity (Wildman–Crippen MR) is 137 cm³/mol. The Morgan fingerprint density at radius 1 is 1.03 bits per heavy atom. The molecule has 2 aliphatic heterocycles. The summed E-state index contributed by atoms with van der Waals surface area (Å²) in [5.74, 6) is 0.0423. The van der Waals surface area contributed by atoms with Gasteiger partial charge in [-0.3, -0.25) is 9.69 Å². The Hall–Kier alpha value is -2.41. The number of carbonyl (C=O) groups excluding carboxylic acids is 1. The van der Waals surface area contributed by atoms with Crippen LogP contribution in [0.1, 0.15) is 48.4 Å². The van der Waals surface area contributed by atoms with Crippen molar-refractivity contribution in [2.45, 2.75) is 57.7 Å². The molecule has 1 N–H and O–H groups in total. The van der Waals surface area contributed by atoms with Crippen LogP contribution in [0.4, 0.5) is 4.39 Å². The van der Waals surface area contributed by atoms with Gasteiger partial charge in [0.2, 0.25) is 5.91 Å². The maximum absolute atomic E-state index is 14.4. The topological polar surface area (TPSA) is 48.7 Å². The van der Waals surface area contributed by atoms with E-state index < -0.39 is 0 Å². The van der Waals surface area contributed by atoms with Crippen LogP contribution in [0.15, 0.2) is 42.5 Å². The number of aliphatic hydroxyl groups excluding tert-OH is 1. The van der Waals surface area contributed by atoms with Gasteiger partial charge in [0.05, 0.1) is 6.10 Å². The molecule has 2 aromatic carbocycles. The lowest BCUT2D eigenvalue weighted by atomic mass is 9.89. The number of hydrogen-bond donors (Lipinski definition) is 1. The average Bonchev–Trinajstić information content (AvgIpc) is 3.11. The smallest absolute Gasteiger partial charge is 0.242 e. The second-order valence-electron chi connectivity index (χ2n) is 9.96. The number of aliphatic hydroxyl groups is 1. The molecule has 2 saturated heterocycles. The number of para-hydroxylation sites is 1. The average molecular weight is 498 g/mol. The van der Waals surface area contributed by atoms with Crippen molar-refractivity contribution in [3.8, 4) is 0 Å². The maximum Gasteiger partial charge on any atom is 0.242 e. The van der Waals surface area contributed by atoms with Crippen molar-refractivity contribution in [1.82, 2.24) is 14.4 Å². The van der Waals surface area contributed by atoms with Crippen LogP contribution < -0.4 is 0 Å². The number of amides is 1. The zero-order chi connectivity index (χ0) is 24.5. The van der Waals surface area contributed by atoms with E-state index in [-0.39, 0.29) is 23.7 Å². The third kappa shape index (κ3) is 4.97. The lowest BCUT2D eigenvalue weighted by molar-refractivity contribution is -0.133. The van der Waals surface area contributed by atoms with Gasteiger partial charge < -0.3 is 14.6 Å². The van der Waals surface area contributed by atoms with Crippen molar-refractivity contribution in [2.75, 3.05) is 26.2 Å². The van der Waals surface area contributed by atoms with E-state index in [1.165, 1.54) is 17.0 Å². The van der Waals surface area contributed by atoms with Crippen LogP contribution in [-0.4, -0.2) is 57.7 Å². The number of piperidine rings is 2. The number of fused-ring (bicyclic) bond motifs is 1. The molecule has 0 spiro atoms. The van der Waals surface area contributed by atoms with E-state index in [1.54, 1.807) is 12.1 Å². The Morgan fingerprint density at radius 3 is 2.46 bits per heavy atom. The summed E-state index contributed by atoms with van der Waals surface area (Å²) < 4.78 is 16.6. The lowest BCUT2D eigenvalue weighted by Crippen LogP contribution is -2.41. The summed E-state index contributed by atoms with van der Waals surface area (Å²) in [6.07, 6.45) is 2.75. The van der Waals surface area contributed by atoms with E-state index in [9.17, 15) is 14.3 Å². The van der Waals surface area contributed by atoms with Crippen LogP contribution in [0, 0.1) is 12.7 Å². The van der Waals surface area contributed by atoms with Crippen LogP contribution in [-0.2, 0) is 17.9 Å². The third-order valence-corrected chi connectivity index (χ3v) is 8.18. The molecule has 0 saturated carbocycles. The molecule has 0 aliphatic carbocycles. The molecule has 0 bridgehead atoms. The zero-order valence-electron chi connectivity index (χ0n) is 20.2. The summed E-state index contributed by atoms with van der Waals surface area (Å²) in [6, 6.07) is 13.2. The molecule has 5 rings (SSSR count). The number of halogens is 2. The molecule has 2 aliphatic rings. The van der Waals surface area contributed by atoms with Crippen LogP contribution in [0.25, 0.3) is 10.9 Å². The number of carbonyl (C=O) groups is 1. The van der Waals surface area contributed by atoms with Crippen LogP contribution in [0.3, 0.4) is 0 Å². The van der Waals surface area contributed by atoms with E-state index in [0.29, 0.717) is 43.1 Å². The number of nitrogens with zero attached hydrogens (tertiary/aromatic N) is 3. The Labute approximate surface area is 211 Å². The molecule has 7 heteroatoms. The van der Waals surface area contributed by atoms with Gasteiger partial charge in [-0.1, -0.05) is 35.9 Å². The molecule has 3 heterocycles. The molecule has 3 aromatic rings. The molecule has 0 radical (unpaired) electrons. The SMILES string of the molecule is Cc1c(CN2CCC(c3c(F)cccc3Cl)CC2)c2ccccc2n1CC(=O)N1CCC(O)CC1. The summed E-state index contributed by atoms with van der Waals surface area (Å²) >= 11 is 6.32. The summed E-state index contributed by atoms with van der Waals surface area (Å²) in [5.41, 5.74) is 4.12. The highest BCUT2D eigenvalue weighted by molar-refractivity contribution is 6.31. The Kier molecular flexibility index (Phi) is 7.14. The minimum absolute atomic E-state index is 0.106. The Bertz CT molecular complexity index is 1190. The fraction of sp³-hybridized carbons (Fsp3) is 0.464. The first-order valence-electron chi connectivity index (χ1n) is 12.6. The first-order valence-corrected chi connectivity index (χ1v) is 13.0. The highest BCUT2D eigenvalue weighted by atomic mass is 35.5. The number of aromatic nitrogens is 1. The van der Waals surface area contributed by atoms with Crippen LogP contribution in [0.2, 0.25) is 5.02 Å². The van der Waals surface area contributed by atoms with Gasteiger partial charge in [-0.25, -0.2) is 4.39 Å². The van der Waals surface area contributed by atoms with Gasteiger partial charge in [0.15, 0.2) is 0 Å². The number of rotatable bonds is 5. The van der Waals surface area contributed by atoms with Crippen molar-refractivity contribution in [3.63, 3.8) is 0 Å². The standard InChI is InChI=1S/C28H33ClFN3O2/c1-19-23(17-31-13-9-20(10-14-31)28-24(29)6-4-7-25(28)30)22-5-2-3-8-26(22)33(19)18-27(35)32-15-11-21(34)12-16-32/h2-8,20-21,34H,9-18H2,1H3. The molecule has 0 atom stereocenters. The molecule has 1 amide bonds. The maximum atomic E-state index is 14.4. The van der Waals surface area contributed by atoms with E-state index in [2.05, 4.69) is 34.6 Å². The van der Waals surface area contributed by atoms with Gasteiger partial charge in [-0.2, -0.15) is 0 Å². The van der Waals surface area contributed by atoms with E-state index in [0.717, 1.165) is 43.7 Å². The van der Waals surface area contributed by atoms with Gasteiger partial charge in [-0.15, -0.1) is 0 Å². The first kappa shape index (κ1) is 24.3. The molecule has 35 heavy (non-hydrogen) atoms. The van der Waals surface area contributed by atoms with Crippen molar-refractivity contribution < 1.29 is 14.3 Å². The van der Waals surface area contributed by atoms with Crippen molar-refractivity contribution in [1.29, 1.82) is 0 Å². The van der Waals surface area contributed by atoms with Gasteiger partial charge in [0.25, 0.3) is 0 Å². The third-order valence-electron chi connectivity index (χ3n) is 7.85. The van der Waals surface area contributed by atoms with Crippen molar-refractivity contribution >= 4 is 28.4 Å². The second kappa shape index (κ2) is 10.3. The van der Waals surface area contributed by atoms with Crippen molar-refractivity contribution in [2.24, 2.45) is 0 Å². The van der Waals surface area contributed by atoms with E-state index in [4.69, 9.17) is 11.6 Å². The summed E-state index contributed by atoms with van der Waals surface area (Å²) in [7, 11) is 0. The Balaban J connectivity index is 1.31. The van der Waals surface area contributed by atoms with Crippen molar-refractivity contribution in [3.05, 3.63) is 70.1 Å². The van der Waals surface area contributed by atoms with Gasteiger partial charge in [-0.05, 0) is 75.4 Å². The number of hydrogen-bond acceptors (Lipinski definition) is 3. The normalized spacial score (nSPS) is 18.5. The molecular weight excluding hydrogens is 465 g/mol. The number of likely N-dealkylation sites (tertiary alicyclic amines) is 2. The van der Waals surface area contributed by atoms with E-state index >= 15 is 0 Å². The highest BCUT2D eigenvalue weighted by Gasteiger charge is 2.27. The zero-order valence-corrected chi connectivity index (χ0v) is 21.0. The summed E-state index contributed by atoms with van der Waals surface area (Å²) in [6.45, 7) is 6.22. The summed E-state index contributed by atoms with van der Waals surface area (Å²) in [4.78, 5) is 17.4. The summed E-state index contributed by atoms with van der Waals surface area (Å²) in [5, 5.41) is 11.5. The quantitative estimate of drug-likeness (QED) is 0.533. The predicted octanol–water partition coefficient (Wildman–Crippen LogP) is 5.11. The fourth-order valence-electron chi connectivity index (χ4n) is 5.76. The molecule has 0 unspecified atom stereocenters. The van der Waals surface area contributed by atoms with Gasteiger partial charge in [0.1, 0.15) is 12.4 Å². The van der Waals surface area contributed by atoms with Gasteiger partial charge >= 0.3 is 0 Å². The molecular formula is C28H33ClFN3O2. The second-order valence-corrected chi connectivity index (χ2v) is 10.4. The lowest BCUT2D eigenvalue weighted by Gasteiger charge is -2.32. The fourth-order valence-corrected chi connectivity index (χ4v) is 6.08. The first-order chi connectivity index (χ1) is 16.9. The molecule has 186 valence electrons. The monoisotopic (exact) mass is 497 g/mol. The van der Waals surface area contributed by atoms with Crippen LogP contribution >= 0.6 is 11.6 Å². The molecule has 5 nitrogen and oxygen atoms in total. The van der Waals surface area contributed by atoms with E-state index in [1.807, 2.05) is 11.0 Å².